The summed E-state index contributed by atoms with van der Waals surface area (Å²) in [5.41, 5.74) is 1.38. The number of azo groups is 1. The number of benzene rings is 2. The van der Waals surface area contributed by atoms with Crippen molar-refractivity contribution >= 4 is 45.1 Å². The van der Waals surface area contributed by atoms with Crippen molar-refractivity contribution in [2.75, 3.05) is 7.11 Å². The van der Waals surface area contributed by atoms with E-state index in [1.165, 1.54) is 0 Å². The molecule has 1 heterocycles. The monoisotopic (exact) mass is 421 g/mol. The molecule has 116 valence electrons. The largest absolute Gasteiger partial charge is 0.496 e. The summed E-state index contributed by atoms with van der Waals surface area (Å²) in [6.45, 7) is 0. The van der Waals surface area contributed by atoms with Crippen LogP contribution in [0.25, 0.3) is 10.9 Å². The van der Waals surface area contributed by atoms with Gasteiger partial charge < -0.3 is 14.8 Å². The number of halogens is 1. The number of rotatable bonds is 3. The van der Waals surface area contributed by atoms with Crippen LogP contribution in [0, 0.1) is 3.57 Å². The molecule has 0 unspecified atom stereocenters. The van der Waals surface area contributed by atoms with Gasteiger partial charge in [-0.25, -0.2) is 0 Å². The molecule has 1 aromatic heterocycles. The van der Waals surface area contributed by atoms with Gasteiger partial charge in [-0.05, 0) is 46.9 Å². The zero-order valence-corrected chi connectivity index (χ0v) is 14.2. The minimum atomic E-state index is -0.491. The van der Waals surface area contributed by atoms with Gasteiger partial charge in [-0.15, -0.1) is 10.2 Å². The molecule has 0 bridgehead atoms. The number of amides is 1. The number of fused-ring (bicyclic) bond motifs is 1. The number of carbonyl (C=O) groups is 1. The van der Waals surface area contributed by atoms with E-state index in [1.807, 2.05) is 18.2 Å². The average Bonchev–Trinajstić information content (AvgIpc) is 2.87. The Hall–Kier alpha value is -2.42. The second kappa shape index (κ2) is 6.37. The number of H-pyrrole nitrogens is 1. The number of methoxy groups -OCH3 is 1. The van der Waals surface area contributed by atoms with Crippen LogP contribution in [-0.4, -0.2) is 23.1 Å². The third-order valence-corrected chi connectivity index (χ3v) is 4.14. The molecular weight excluding hydrogens is 409 g/mol. The first kappa shape index (κ1) is 15.5. The lowest BCUT2D eigenvalue weighted by Crippen LogP contribution is -1.96. The van der Waals surface area contributed by atoms with Gasteiger partial charge in [0.15, 0.2) is 5.69 Å². The first-order valence-electron chi connectivity index (χ1n) is 6.69. The Labute approximate surface area is 145 Å². The number of nitrogens with one attached hydrogen (secondary N) is 1. The standard InChI is InChI=1S/C16H12IN3O3/c1-23-13-7-6-9(8-11(13)17)15(21)20-19-14-10-4-2-3-5-12(10)18-16(14)22/h2-8,18,22H,1H3. The van der Waals surface area contributed by atoms with Gasteiger partial charge >= 0.3 is 0 Å². The molecule has 0 saturated carbocycles. The Kier molecular flexibility index (Phi) is 4.28. The van der Waals surface area contributed by atoms with Gasteiger partial charge in [-0.1, -0.05) is 18.2 Å². The van der Waals surface area contributed by atoms with E-state index in [0.29, 0.717) is 16.7 Å². The zero-order chi connectivity index (χ0) is 16.4. The summed E-state index contributed by atoms with van der Waals surface area (Å²) in [5.74, 6) is 0.0793. The van der Waals surface area contributed by atoms with Crippen LogP contribution >= 0.6 is 22.6 Å². The Morgan fingerprint density at radius 3 is 2.78 bits per heavy atom. The highest BCUT2D eigenvalue weighted by molar-refractivity contribution is 14.1. The molecule has 0 atom stereocenters. The lowest BCUT2D eigenvalue weighted by atomic mass is 10.2. The normalized spacial score (nSPS) is 11.2. The molecule has 2 N–H and O–H groups in total. The molecular formula is C16H12IN3O3. The van der Waals surface area contributed by atoms with E-state index in [-0.39, 0.29) is 11.6 Å². The van der Waals surface area contributed by atoms with Crippen molar-refractivity contribution in [3.63, 3.8) is 0 Å². The van der Waals surface area contributed by atoms with E-state index >= 15 is 0 Å². The molecule has 3 rings (SSSR count). The number of ether oxygens (including phenoxy) is 1. The summed E-state index contributed by atoms with van der Waals surface area (Å²) in [4.78, 5) is 14.9. The van der Waals surface area contributed by atoms with Crippen molar-refractivity contribution in [2.45, 2.75) is 0 Å². The molecule has 0 aliphatic rings. The Balaban J connectivity index is 1.91. The van der Waals surface area contributed by atoms with Crippen LogP contribution in [-0.2, 0) is 0 Å². The van der Waals surface area contributed by atoms with Gasteiger partial charge in [0.05, 0.1) is 16.2 Å². The van der Waals surface area contributed by atoms with Gasteiger partial charge in [0.1, 0.15) is 5.75 Å². The highest BCUT2D eigenvalue weighted by Gasteiger charge is 2.12. The van der Waals surface area contributed by atoms with Gasteiger partial charge in [0.25, 0.3) is 5.91 Å². The second-order valence-electron chi connectivity index (χ2n) is 4.72. The van der Waals surface area contributed by atoms with Crippen LogP contribution < -0.4 is 4.74 Å². The highest BCUT2D eigenvalue weighted by atomic mass is 127. The molecule has 0 aliphatic carbocycles. The third-order valence-electron chi connectivity index (χ3n) is 3.30. The van der Waals surface area contributed by atoms with E-state index < -0.39 is 5.91 Å². The minimum Gasteiger partial charge on any atom is -0.496 e. The molecule has 23 heavy (non-hydrogen) atoms. The molecule has 0 aliphatic heterocycles. The second-order valence-corrected chi connectivity index (χ2v) is 5.88. The van der Waals surface area contributed by atoms with Crippen LogP contribution in [0.4, 0.5) is 5.69 Å². The summed E-state index contributed by atoms with van der Waals surface area (Å²) in [6, 6.07) is 12.3. The summed E-state index contributed by atoms with van der Waals surface area (Å²) >= 11 is 2.08. The number of para-hydroxylation sites is 1. The SMILES string of the molecule is COc1ccc(C(=O)N=Nc2c(O)[nH]c3ccccc23)cc1I. The fourth-order valence-corrected chi connectivity index (χ4v) is 2.90. The Morgan fingerprint density at radius 2 is 2.04 bits per heavy atom. The lowest BCUT2D eigenvalue weighted by molar-refractivity contribution is 0.0995. The van der Waals surface area contributed by atoms with Gasteiger partial charge in [-0.2, -0.15) is 0 Å². The summed E-state index contributed by atoms with van der Waals surface area (Å²) in [5, 5.41) is 18.2. The first-order chi connectivity index (χ1) is 11.1. The number of aromatic nitrogens is 1. The molecule has 1 amide bonds. The summed E-state index contributed by atoms with van der Waals surface area (Å²) < 4.78 is 5.96. The Bertz CT molecular complexity index is 918. The van der Waals surface area contributed by atoms with Crippen LogP contribution in [0.5, 0.6) is 11.6 Å². The lowest BCUT2D eigenvalue weighted by Gasteiger charge is -2.03. The molecule has 0 radical (unpaired) electrons. The maximum absolute atomic E-state index is 12.1. The third kappa shape index (κ3) is 3.04. The van der Waals surface area contributed by atoms with E-state index in [4.69, 9.17) is 4.74 Å². The smallest absolute Gasteiger partial charge is 0.295 e. The number of carbonyl (C=O) groups excluding carboxylic acids is 1. The first-order valence-corrected chi connectivity index (χ1v) is 7.77. The van der Waals surface area contributed by atoms with Crippen LogP contribution in [0.1, 0.15) is 10.4 Å². The number of nitrogens with zero attached hydrogens (tertiary/aromatic N) is 2. The fourth-order valence-electron chi connectivity index (χ4n) is 2.17. The molecule has 0 fully saturated rings. The number of aromatic hydroxyl groups is 1. The number of aromatic amines is 1. The maximum Gasteiger partial charge on any atom is 0.295 e. The molecule has 0 saturated heterocycles. The van der Waals surface area contributed by atoms with Gasteiger partial charge in [0, 0.05) is 10.9 Å². The summed E-state index contributed by atoms with van der Waals surface area (Å²) in [6.07, 6.45) is 0. The predicted octanol–water partition coefficient (Wildman–Crippen LogP) is 4.41. The van der Waals surface area contributed by atoms with E-state index in [9.17, 15) is 9.90 Å². The zero-order valence-electron chi connectivity index (χ0n) is 12.1. The van der Waals surface area contributed by atoms with Crippen molar-refractivity contribution < 1.29 is 14.6 Å². The molecule has 3 aromatic rings. The Morgan fingerprint density at radius 1 is 1.26 bits per heavy atom. The number of hydrogen-bond donors (Lipinski definition) is 2. The van der Waals surface area contributed by atoms with Crippen molar-refractivity contribution in [1.82, 2.24) is 4.98 Å². The predicted molar refractivity (Wildman–Crippen MR) is 94.5 cm³/mol. The molecule has 2 aromatic carbocycles. The van der Waals surface area contributed by atoms with Crippen molar-refractivity contribution in [3.8, 4) is 11.6 Å². The molecule has 7 heteroatoms. The van der Waals surface area contributed by atoms with Crippen molar-refractivity contribution in [1.29, 1.82) is 0 Å². The number of hydrogen-bond acceptors (Lipinski definition) is 4. The van der Waals surface area contributed by atoms with Crippen molar-refractivity contribution in [3.05, 3.63) is 51.6 Å². The van der Waals surface area contributed by atoms with Crippen LogP contribution in [0.2, 0.25) is 0 Å². The van der Waals surface area contributed by atoms with E-state index in [1.54, 1.807) is 31.4 Å². The molecule has 6 nitrogen and oxygen atoms in total. The minimum absolute atomic E-state index is 0.118. The van der Waals surface area contributed by atoms with Gasteiger partial charge in [0.2, 0.25) is 5.88 Å². The summed E-state index contributed by atoms with van der Waals surface area (Å²) in [7, 11) is 1.57. The van der Waals surface area contributed by atoms with Gasteiger partial charge in [-0.3, -0.25) is 4.79 Å². The topological polar surface area (TPSA) is 87.0 Å². The quantitative estimate of drug-likeness (QED) is 0.485. The van der Waals surface area contributed by atoms with Crippen LogP contribution in [0.3, 0.4) is 0 Å². The highest BCUT2D eigenvalue weighted by Crippen LogP contribution is 2.35. The molecule has 0 spiro atoms. The van der Waals surface area contributed by atoms with Crippen molar-refractivity contribution in [2.24, 2.45) is 10.2 Å². The maximum atomic E-state index is 12.1. The van der Waals surface area contributed by atoms with Crippen LogP contribution in [0.15, 0.2) is 52.7 Å². The fraction of sp³-hybridized carbons (Fsp3) is 0.0625. The average molecular weight is 421 g/mol. The van der Waals surface area contributed by atoms with E-state index in [0.717, 1.165) is 9.09 Å². The van der Waals surface area contributed by atoms with E-state index in [2.05, 4.69) is 37.8 Å².